The molecule has 6 nitrogen and oxygen atoms in total. The SMILES string of the molecule is CCc1nc2c(C)cc(-c3[nH]c4cc(F)ccc4[n+]3C)cc2n1Cc1ccc(-c2ccccc2C(=O)O)cc1. The summed E-state index contributed by atoms with van der Waals surface area (Å²) < 4.78 is 18.2. The van der Waals surface area contributed by atoms with Crippen molar-refractivity contribution < 1.29 is 18.9 Å². The second kappa shape index (κ2) is 9.51. The van der Waals surface area contributed by atoms with Gasteiger partial charge in [0.05, 0.1) is 29.2 Å². The van der Waals surface area contributed by atoms with E-state index in [9.17, 15) is 14.3 Å². The Labute approximate surface area is 225 Å². The molecule has 0 radical (unpaired) electrons. The molecule has 0 spiro atoms. The van der Waals surface area contributed by atoms with E-state index in [-0.39, 0.29) is 11.4 Å². The van der Waals surface area contributed by atoms with Crippen LogP contribution >= 0.6 is 0 Å². The van der Waals surface area contributed by atoms with Crippen LogP contribution in [-0.2, 0) is 20.0 Å². The van der Waals surface area contributed by atoms with Crippen LogP contribution < -0.4 is 4.57 Å². The quantitative estimate of drug-likeness (QED) is 0.249. The van der Waals surface area contributed by atoms with E-state index in [0.29, 0.717) is 12.1 Å². The van der Waals surface area contributed by atoms with Crippen LogP contribution in [0.1, 0.15) is 34.2 Å². The van der Waals surface area contributed by atoms with Gasteiger partial charge < -0.3 is 9.67 Å². The maximum atomic E-state index is 13.9. The van der Waals surface area contributed by atoms with E-state index >= 15 is 0 Å². The van der Waals surface area contributed by atoms with E-state index in [4.69, 9.17) is 4.98 Å². The van der Waals surface area contributed by atoms with E-state index in [1.165, 1.54) is 12.1 Å². The summed E-state index contributed by atoms with van der Waals surface area (Å²) >= 11 is 0. The molecule has 0 aliphatic carbocycles. The fraction of sp³-hybridized carbons (Fsp3) is 0.156. The van der Waals surface area contributed by atoms with Crippen LogP contribution in [0.3, 0.4) is 0 Å². The number of imidazole rings is 2. The average molecular weight is 520 g/mol. The monoisotopic (exact) mass is 519 g/mol. The summed E-state index contributed by atoms with van der Waals surface area (Å²) in [7, 11) is 1.98. The number of carboxylic acids is 1. The van der Waals surface area contributed by atoms with Crippen molar-refractivity contribution in [1.29, 1.82) is 0 Å². The Hall–Kier alpha value is -4.78. The van der Waals surface area contributed by atoms with Crippen molar-refractivity contribution in [2.75, 3.05) is 0 Å². The van der Waals surface area contributed by atoms with E-state index in [1.54, 1.807) is 18.2 Å². The number of aromatic carboxylic acids is 1. The van der Waals surface area contributed by atoms with Crippen molar-refractivity contribution in [3.05, 3.63) is 107 Å². The van der Waals surface area contributed by atoms with Gasteiger partial charge in [-0.1, -0.05) is 49.4 Å². The normalized spacial score (nSPS) is 11.5. The van der Waals surface area contributed by atoms with Gasteiger partial charge in [0.25, 0.3) is 5.82 Å². The van der Waals surface area contributed by atoms with E-state index in [0.717, 1.165) is 62.4 Å². The molecule has 0 atom stereocenters. The molecule has 0 saturated heterocycles. The fourth-order valence-electron chi connectivity index (χ4n) is 5.42. The largest absolute Gasteiger partial charge is 0.478 e. The lowest BCUT2D eigenvalue weighted by Crippen LogP contribution is -2.29. The average Bonchev–Trinajstić information content (AvgIpc) is 3.46. The highest BCUT2D eigenvalue weighted by Crippen LogP contribution is 2.29. The fourth-order valence-corrected chi connectivity index (χ4v) is 5.42. The lowest BCUT2D eigenvalue weighted by molar-refractivity contribution is -0.633. The molecule has 0 aliphatic heterocycles. The first-order valence-corrected chi connectivity index (χ1v) is 12.9. The number of aromatic amines is 1. The smallest absolute Gasteiger partial charge is 0.336 e. The lowest BCUT2D eigenvalue weighted by atomic mass is 9.98. The zero-order valence-corrected chi connectivity index (χ0v) is 22.0. The number of H-pyrrole nitrogens is 1. The summed E-state index contributed by atoms with van der Waals surface area (Å²) in [6, 6.07) is 24.1. The molecule has 0 saturated carbocycles. The molecule has 194 valence electrons. The maximum absolute atomic E-state index is 13.9. The number of carbonyl (C=O) groups is 1. The van der Waals surface area contributed by atoms with Gasteiger partial charge >= 0.3 is 5.97 Å². The van der Waals surface area contributed by atoms with Crippen molar-refractivity contribution in [3.63, 3.8) is 0 Å². The highest BCUT2D eigenvalue weighted by atomic mass is 19.1. The Morgan fingerprint density at radius 3 is 2.54 bits per heavy atom. The topological polar surface area (TPSA) is 74.8 Å². The first-order chi connectivity index (χ1) is 18.8. The van der Waals surface area contributed by atoms with Crippen molar-refractivity contribution in [3.8, 4) is 22.5 Å². The second-order valence-electron chi connectivity index (χ2n) is 9.87. The predicted molar refractivity (Wildman–Crippen MR) is 150 cm³/mol. The molecule has 39 heavy (non-hydrogen) atoms. The first-order valence-electron chi connectivity index (χ1n) is 12.9. The Balaban J connectivity index is 1.41. The summed E-state index contributed by atoms with van der Waals surface area (Å²) in [6.45, 7) is 4.80. The second-order valence-corrected chi connectivity index (χ2v) is 9.87. The van der Waals surface area contributed by atoms with E-state index in [2.05, 4.69) is 35.5 Å². The van der Waals surface area contributed by atoms with Gasteiger partial charge in [-0.2, -0.15) is 0 Å². The highest BCUT2D eigenvalue weighted by molar-refractivity contribution is 5.96. The summed E-state index contributed by atoms with van der Waals surface area (Å²) in [5.74, 6) is 0.680. The standard InChI is InChI=1S/C32H27FN4O2/c1-4-29-35-30-19(2)15-22(31-34-26-17-23(33)13-14-27(26)36(31)3)16-28(30)37(29)18-20-9-11-21(12-10-20)24-7-5-6-8-25(24)32(38)39/h5-17H,4,18H2,1-3H3,(H,38,39)/p+1. The number of hydrogen-bond donors (Lipinski definition) is 2. The van der Waals surface area contributed by atoms with Gasteiger partial charge in [-0.05, 0) is 59.5 Å². The highest BCUT2D eigenvalue weighted by Gasteiger charge is 2.21. The zero-order chi connectivity index (χ0) is 27.3. The van der Waals surface area contributed by atoms with Crippen LogP contribution in [0.15, 0.2) is 78.9 Å². The molecule has 0 fully saturated rings. The third-order valence-corrected chi connectivity index (χ3v) is 7.38. The molecule has 2 N–H and O–H groups in total. The predicted octanol–water partition coefficient (Wildman–Crippen LogP) is 6.43. The molecule has 7 heteroatoms. The van der Waals surface area contributed by atoms with Crippen molar-refractivity contribution in [2.45, 2.75) is 26.8 Å². The van der Waals surface area contributed by atoms with Crippen molar-refractivity contribution in [2.24, 2.45) is 7.05 Å². The van der Waals surface area contributed by atoms with Crippen LogP contribution in [0, 0.1) is 12.7 Å². The van der Waals surface area contributed by atoms with Crippen LogP contribution in [-0.4, -0.2) is 25.6 Å². The maximum Gasteiger partial charge on any atom is 0.336 e. The number of rotatable bonds is 6. The van der Waals surface area contributed by atoms with Crippen LogP contribution in [0.25, 0.3) is 44.6 Å². The molecule has 0 bridgehead atoms. The molecule has 6 aromatic rings. The molecule has 0 aliphatic rings. The minimum Gasteiger partial charge on any atom is -0.478 e. The number of benzene rings is 4. The molecule has 0 unspecified atom stereocenters. The van der Waals surface area contributed by atoms with Crippen molar-refractivity contribution in [1.82, 2.24) is 14.5 Å². The Morgan fingerprint density at radius 2 is 1.79 bits per heavy atom. The number of halogens is 1. The number of nitrogens with zero attached hydrogens (tertiary/aromatic N) is 3. The van der Waals surface area contributed by atoms with E-state index in [1.807, 2.05) is 48.0 Å². The summed E-state index contributed by atoms with van der Waals surface area (Å²) in [5.41, 5.74) is 8.69. The minimum absolute atomic E-state index is 0.273. The summed E-state index contributed by atoms with van der Waals surface area (Å²) in [5, 5.41) is 9.58. The molecule has 4 aromatic carbocycles. The molecule has 2 heterocycles. The summed E-state index contributed by atoms with van der Waals surface area (Å²) in [6.07, 6.45) is 0.785. The Morgan fingerprint density at radius 1 is 1.03 bits per heavy atom. The number of aryl methyl sites for hydroxylation is 3. The van der Waals surface area contributed by atoms with E-state index < -0.39 is 5.97 Å². The van der Waals surface area contributed by atoms with Gasteiger partial charge in [-0.3, -0.25) is 0 Å². The molecule has 0 amide bonds. The zero-order valence-electron chi connectivity index (χ0n) is 22.0. The number of aromatic nitrogens is 4. The van der Waals surface area contributed by atoms with Crippen molar-refractivity contribution >= 4 is 28.0 Å². The van der Waals surface area contributed by atoms with Crippen LogP contribution in [0.4, 0.5) is 4.39 Å². The van der Waals surface area contributed by atoms with Gasteiger partial charge in [0.2, 0.25) is 0 Å². The number of fused-ring (bicyclic) bond motifs is 2. The summed E-state index contributed by atoms with van der Waals surface area (Å²) in [4.78, 5) is 20.0. The number of hydrogen-bond acceptors (Lipinski definition) is 2. The number of nitrogens with one attached hydrogen (secondary N) is 1. The molecule has 2 aromatic heterocycles. The Kier molecular flexibility index (Phi) is 5.99. The van der Waals surface area contributed by atoms with Gasteiger partial charge in [-0.25, -0.2) is 23.7 Å². The Bertz CT molecular complexity index is 1880. The first kappa shape index (κ1) is 24.6. The van der Waals surface area contributed by atoms with Crippen LogP contribution in [0.2, 0.25) is 0 Å². The minimum atomic E-state index is -0.938. The van der Waals surface area contributed by atoms with Gasteiger partial charge in [0, 0.05) is 19.0 Å². The lowest BCUT2D eigenvalue weighted by Gasteiger charge is -2.11. The van der Waals surface area contributed by atoms with Gasteiger partial charge in [0.15, 0.2) is 11.0 Å². The van der Waals surface area contributed by atoms with Gasteiger partial charge in [0.1, 0.15) is 11.6 Å². The molecular weight excluding hydrogens is 491 g/mol. The molecular formula is C32H28FN4O2+. The van der Waals surface area contributed by atoms with Gasteiger partial charge in [-0.15, -0.1) is 0 Å². The molecule has 6 rings (SSSR count). The van der Waals surface area contributed by atoms with Crippen LogP contribution in [0.5, 0.6) is 0 Å². The third kappa shape index (κ3) is 4.26. The third-order valence-electron chi connectivity index (χ3n) is 7.38. The number of carboxylic acid groups (broad SMARTS) is 1.